The summed E-state index contributed by atoms with van der Waals surface area (Å²) in [6.07, 6.45) is 5.08. The summed E-state index contributed by atoms with van der Waals surface area (Å²) in [4.78, 5) is 31.9. The zero-order valence-corrected chi connectivity index (χ0v) is 22.6. The van der Waals surface area contributed by atoms with Crippen molar-refractivity contribution in [3.8, 4) is 0 Å². The SMILES string of the molecule is CC(=O)NCC(c1ccncc1)C1CC1C1(S(=O)(=O)c2cccc(Cl)c2Cl)N=Cc2ccccc2NC1=O. The standard InChI is InChI=1S/C27H24Cl2N4O4S/c1-16(34)31-15-20(17-9-11-30-12-10-17)19-13-21(19)27(38(36,37)24-8-4-6-22(28)25(24)29)26(35)33-23-7-3-2-5-18(23)14-32-27/h2-12,14,19-21H,13,15H2,1H3,(H,31,34)(H,33,35). The summed E-state index contributed by atoms with van der Waals surface area (Å²) in [7, 11) is -4.51. The number of anilines is 1. The molecule has 0 saturated heterocycles. The van der Waals surface area contributed by atoms with Gasteiger partial charge in [0.2, 0.25) is 20.6 Å². The summed E-state index contributed by atoms with van der Waals surface area (Å²) in [6, 6.07) is 14.9. The minimum absolute atomic E-state index is 0.0526. The molecular formula is C27H24Cl2N4O4S. The van der Waals surface area contributed by atoms with Crippen molar-refractivity contribution in [2.45, 2.75) is 29.0 Å². The largest absolute Gasteiger partial charge is 0.356 e. The van der Waals surface area contributed by atoms with E-state index in [1.54, 1.807) is 36.7 Å². The fraction of sp³-hybridized carbons (Fsp3) is 0.259. The topological polar surface area (TPSA) is 118 Å². The number of amides is 2. The number of para-hydroxylation sites is 1. The third kappa shape index (κ3) is 4.48. The molecule has 1 fully saturated rings. The molecule has 3 aromatic rings. The maximum atomic E-state index is 14.5. The second kappa shape index (κ2) is 10.1. The zero-order chi connectivity index (χ0) is 27.1. The molecule has 2 N–H and O–H groups in total. The first kappa shape index (κ1) is 26.3. The van der Waals surface area contributed by atoms with Gasteiger partial charge in [-0.3, -0.25) is 19.6 Å². The molecule has 8 nitrogen and oxygen atoms in total. The van der Waals surface area contributed by atoms with Crippen molar-refractivity contribution < 1.29 is 18.0 Å². The Morgan fingerprint density at radius 3 is 2.61 bits per heavy atom. The molecule has 1 aliphatic carbocycles. The number of nitrogens with zero attached hydrogens (tertiary/aromatic N) is 2. The zero-order valence-electron chi connectivity index (χ0n) is 20.3. The van der Waals surface area contributed by atoms with Crippen molar-refractivity contribution in [1.29, 1.82) is 0 Å². The average molecular weight is 571 g/mol. The Bertz CT molecular complexity index is 1550. The number of aromatic nitrogens is 1. The van der Waals surface area contributed by atoms with Gasteiger partial charge in [-0.2, -0.15) is 0 Å². The summed E-state index contributed by atoms with van der Waals surface area (Å²) in [5.74, 6) is -2.26. The van der Waals surface area contributed by atoms with Crippen molar-refractivity contribution >= 4 is 56.8 Å². The van der Waals surface area contributed by atoms with Crippen LogP contribution < -0.4 is 10.6 Å². The highest BCUT2D eigenvalue weighted by atomic mass is 35.5. The average Bonchev–Trinajstić information content (AvgIpc) is 3.69. The monoisotopic (exact) mass is 570 g/mol. The van der Waals surface area contributed by atoms with Crippen molar-refractivity contribution in [1.82, 2.24) is 10.3 Å². The maximum absolute atomic E-state index is 14.5. The van der Waals surface area contributed by atoms with E-state index in [1.807, 2.05) is 12.1 Å². The van der Waals surface area contributed by atoms with Gasteiger partial charge < -0.3 is 10.6 Å². The highest BCUT2D eigenvalue weighted by molar-refractivity contribution is 7.93. The van der Waals surface area contributed by atoms with E-state index in [0.717, 1.165) is 5.56 Å². The molecule has 1 aliphatic heterocycles. The number of hydrogen-bond donors (Lipinski definition) is 2. The number of benzene rings is 2. The van der Waals surface area contributed by atoms with Gasteiger partial charge in [0, 0.05) is 55.2 Å². The van der Waals surface area contributed by atoms with Gasteiger partial charge >= 0.3 is 0 Å². The van der Waals surface area contributed by atoms with Crippen molar-refractivity contribution in [2.24, 2.45) is 16.8 Å². The van der Waals surface area contributed by atoms with Gasteiger partial charge in [-0.15, -0.1) is 0 Å². The van der Waals surface area contributed by atoms with Crippen molar-refractivity contribution in [2.75, 3.05) is 11.9 Å². The number of rotatable bonds is 7. The molecule has 2 amide bonds. The van der Waals surface area contributed by atoms with E-state index in [9.17, 15) is 18.0 Å². The van der Waals surface area contributed by atoms with Gasteiger partial charge in [-0.05, 0) is 48.2 Å². The number of halogens is 2. The predicted molar refractivity (Wildman–Crippen MR) is 146 cm³/mol. The number of nitrogens with one attached hydrogen (secondary N) is 2. The molecule has 2 heterocycles. The van der Waals surface area contributed by atoms with E-state index in [-0.39, 0.29) is 39.2 Å². The molecule has 4 atom stereocenters. The van der Waals surface area contributed by atoms with Crippen molar-refractivity contribution in [3.63, 3.8) is 0 Å². The molecular weight excluding hydrogens is 547 g/mol. The molecule has 2 aliphatic rings. The van der Waals surface area contributed by atoms with Gasteiger partial charge in [-0.25, -0.2) is 8.42 Å². The van der Waals surface area contributed by atoms with Crippen LogP contribution in [0.4, 0.5) is 5.69 Å². The Balaban J connectivity index is 1.65. The summed E-state index contributed by atoms with van der Waals surface area (Å²) in [6.45, 7) is 1.68. The van der Waals surface area contributed by atoms with Crippen LogP contribution in [-0.4, -0.2) is 42.8 Å². The number of fused-ring (bicyclic) bond motifs is 1. The first-order valence-corrected chi connectivity index (χ1v) is 14.2. The normalized spacial score (nSPS) is 23.1. The van der Waals surface area contributed by atoms with Crippen LogP contribution in [-0.2, 0) is 19.4 Å². The predicted octanol–water partition coefficient (Wildman–Crippen LogP) is 4.49. The van der Waals surface area contributed by atoms with E-state index in [2.05, 4.69) is 20.6 Å². The molecule has 1 aromatic heterocycles. The minimum atomic E-state index is -4.51. The van der Waals surface area contributed by atoms with E-state index in [0.29, 0.717) is 17.7 Å². The van der Waals surface area contributed by atoms with Gasteiger partial charge in [0.15, 0.2) is 0 Å². The smallest absolute Gasteiger partial charge is 0.268 e. The minimum Gasteiger partial charge on any atom is -0.356 e. The molecule has 1 saturated carbocycles. The number of sulfone groups is 1. The lowest BCUT2D eigenvalue weighted by atomic mass is 9.92. The Hall–Kier alpha value is -3.27. The number of carbonyl (C=O) groups excluding carboxylic acids is 2. The fourth-order valence-corrected chi connectivity index (χ4v) is 7.92. The van der Waals surface area contributed by atoms with Crippen LogP contribution in [0.1, 0.15) is 30.4 Å². The number of carbonyl (C=O) groups is 2. The number of pyridine rings is 1. The van der Waals surface area contributed by atoms with Gasteiger partial charge in [0.25, 0.3) is 5.91 Å². The molecule has 0 bridgehead atoms. The Kier molecular flexibility index (Phi) is 7.02. The first-order valence-electron chi connectivity index (χ1n) is 12.0. The molecule has 196 valence electrons. The van der Waals surface area contributed by atoms with Gasteiger partial charge in [0.05, 0.1) is 14.9 Å². The molecule has 38 heavy (non-hydrogen) atoms. The van der Waals surface area contributed by atoms with Gasteiger partial charge in [0.1, 0.15) is 0 Å². The quantitative estimate of drug-likeness (QED) is 0.434. The van der Waals surface area contributed by atoms with E-state index < -0.39 is 26.5 Å². The molecule has 11 heteroatoms. The Morgan fingerprint density at radius 2 is 1.87 bits per heavy atom. The lowest BCUT2D eigenvalue weighted by Gasteiger charge is -2.30. The second-order valence-corrected chi connectivity index (χ2v) is 12.2. The number of benzodiazepines with no additional fused rings is 1. The Labute approximate surface area is 230 Å². The highest BCUT2D eigenvalue weighted by Gasteiger charge is 2.67. The van der Waals surface area contributed by atoms with Crippen LogP contribution in [0.2, 0.25) is 10.0 Å². The van der Waals surface area contributed by atoms with E-state index >= 15 is 0 Å². The number of aliphatic imine (C=N–C) groups is 1. The van der Waals surface area contributed by atoms with Crippen LogP contribution in [0.15, 0.2) is 76.9 Å². The fourth-order valence-electron chi connectivity index (χ4n) is 5.16. The molecule has 5 rings (SSSR count). The lowest BCUT2D eigenvalue weighted by molar-refractivity contribution is -0.120. The molecule has 2 aromatic carbocycles. The highest BCUT2D eigenvalue weighted by Crippen LogP contribution is 2.59. The second-order valence-electron chi connectivity index (χ2n) is 9.38. The van der Waals surface area contributed by atoms with E-state index in [1.165, 1.54) is 31.3 Å². The van der Waals surface area contributed by atoms with Crippen LogP contribution >= 0.6 is 23.2 Å². The van der Waals surface area contributed by atoms with Gasteiger partial charge in [-0.1, -0.05) is 47.5 Å². The third-order valence-electron chi connectivity index (χ3n) is 7.11. The lowest BCUT2D eigenvalue weighted by Crippen LogP contribution is -2.50. The molecule has 0 spiro atoms. The summed E-state index contributed by atoms with van der Waals surface area (Å²) < 4.78 is 28.9. The number of hydrogen-bond acceptors (Lipinski definition) is 6. The van der Waals surface area contributed by atoms with Crippen LogP contribution in [0.3, 0.4) is 0 Å². The maximum Gasteiger partial charge on any atom is 0.268 e. The summed E-state index contributed by atoms with van der Waals surface area (Å²) in [5, 5.41) is 5.52. The first-order chi connectivity index (χ1) is 18.2. The van der Waals surface area contributed by atoms with E-state index in [4.69, 9.17) is 23.2 Å². The molecule has 4 unspecified atom stereocenters. The summed E-state index contributed by atoms with van der Waals surface area (Å²) in [5.41, 5.74) is 1.91. The summed E-state index contributed by atoms with van der Waals surface area (Å²) >= 11 is 12.6. The van der Waals surface area contributed by atoms with Crippen LogP contribution in [0, 0.1) is 11.8 Å². The van der Waals surface area contributed by atoms with Crippen molar-refractivity contribution in [3.05, 3.63) is 88.2 Å². The Morgan fingerprint density at radius 1 is 1.13 bits per heavy atom. The van der Waals surface area contributed by atoms with Crippen LogP contribution in [0.5, 0.6) is 0 Å². The van der Waals surface area contributed by atoms with Crippen LogP contribution in [0.25, 0.3) is 0 Å². The third-order valence-corrected chi connectivity index (χ3v) is 10.4. The molecule has 0 radical (unpaired) electrons.